The Morgan fingerprint density at radius 1 is 1.31 bits per heavy atom. The van der Waals surface area contributed by atoms with E-state index in [4.69, 9.17) is 0 Å². The summed E-state index contributed by atoms with van der Waals surface area (Å²) in [6.07, 6.45) is 3.98. The summed E-state index contributed by atoms with van der Waals surface area (Å²) in [5.41, 5.74) is 2.44. The molecule has 0 saturated heterocycles. The van der Waals surface area contributed by atoms with Gasteiger partial charge in [0, 0.05) is 22.4 Å². The summed E-state index contributed by atoms with van der Waals surface area (Å²) in [7, 11) is 0. The number of halogens is 1. The van der Waals surface area contributed by atoms with Crippen molar-refractivity contribution in [3.05, 3.63) is 58.1 Å². The van der Waals surface area contributed by atoms with Gasteiger partial charge in [-0.25, -0.2) is 0 Å². The maximum atomic E-state index is 10.2. The summed E-state index contributed by atoms with van der Waals surface area (Å²) >= 11 is 3.47. The molecule has 0 saturated carbocycles. The summed E-state index contributed by atoms with van der Waals surface area (Å²) in [6, 6.07) is 5.77. The zero-order valence-corrected chi connectivity index (χ0v) is 10.3. The van der Waals surface area contributed by atoms with Crippen molar-refractivity contribution in [3.63, 3.8) is 0 Å². The van der Waals surface area contributed by atoms with Crippen molar-refractivity contribution in [1.29, 1.82) is 0 Å². The van der Waals surface area contributed by atoms with Gasteiger partial charge in [-0.2, -0.15) is 0 Å². The van der Waals surface area contributed by atoms with E-state index in [9.17, 15) is 5.11 Å². The van der Waals surface area contributed by atoms with Crippen LogP contribution in [0, 0.1) is 6.92 Å². The van der Waals surface area contributed by atoms with Crippen molar-refractivity contribution in [3.8, 4) is 0 Å². The maximum Gasteiger partial charge on any atom is 0.124 e. The van der Waals surface area contributed by atoms with E-state index in [-0.39, 0.29) is 0 Å². The zero-order valence-electron chi connectivity index (χ0n) is 8.76. The molecule has 0 fully saturated rings. The van der Waals surface area contributed by atoms with Gasteiger partial charge < -0.3 is 5.11 Å². The summed E-state index contributed by atoms with van der Waals surface area (Å²) in [4.78, 5) is 8.04. The minimum atomic E-state index is -0.747. The fourth-order valence-corrected chi connectivity index (χ4v) is 1.97. The van der Waals surface area contributed by atoms with Crippen LogP contribution in [-0.4, -0.2) is 15.1 Å². The van der Waals surface area contributed by atoms with E-state index in [0.29, 0.717) is 5.69 Å². The second kappa shape index (κ2) is 4.72. The quantitative estimate of drug-likeness (QED) is 0.919. The van der Waals surface area contributed by atoms with E-state index < -0.39 is 6.10 Å². The Morgan fingerprint density at radius 3 is 2.81 bits per heavy atom. The Morgan fingerprint density at radius 2 is 2.12 bits per heavy atom. The minimum absolute atomic E-state index is 0.550. The molecule has 0 bridgehead atoms. The van der Waals surface area contributed by atoms with E-state index >= 15 is 0 Å². The van der Waals surface area contributed by atoms with Crippen LogP contribution in [0.3, 0.4) is 0 Å². The van der Waals surface area contributed by atoms with Gasteiger partial charge in [0.15, 0.2) is 0 Å². The molecule has 2 aromatic rings. The highest BCUT2D eigenvalue weighted by molar-refractivity contribution is 9.10. The highest BCUT2D eigenvalue weighted by Crippen LogP contribution is 2.29. The average molecular weight is 279 g/mol. The second-order valence-corrected chi connectivity index (χ2v) is 4.30. The summed E-state index contributed by atoms with van der Waals surface area (Å²) in [5, 5.41) is 10.2. The van der Waals surface area contributed by atoms with Crippen LogP contribution in [0.25, 0.3) is 0 Å². The third kappa shape index (κ3) is 2.13. The number of aliphatic hydroxyl groups is 1. The van der Waals surface area contributed by atoms with Crippen LogP contribution in [0.1, 0.15) is 22.9 Å². The lowest BCUT2D eigenvalue weighted by Crippen LogP contribution is -2.04. The molecule has 2 rings (SSSR count). The van der Waals surface area contributed by atoms with Gasteiger partial charge in [0.1, 0.15) is 6.10 Å². The summed E-state index contributed by atoms with van der Waals surface area (Å²) < 4.78 is 0.910. The second-order valence-electron chi connectivity index (χ2n) is 3.51. The number of aliphatic hydroxyl groups excluding tert-OH is 1. The van der Waals surface area contributed by atoms with Crippen LogP contribution >= 0.6 is 15.9 Å². The van der Waals surface area contributed by atoms with Crippen molar-refractivity contribution >= 4 is 15.9 Å². The Labute approximate surface area is 102 Å². The predicted octanol–water partition coefficient (Wildman–Crippen LogP) is 2.63. The molecule has 1 aromatic carbocycles. The molecule has 0 amide bonds. The third-order valence-electron chi connectivity index (χ3n) is 2.38. The normalized spacial score (nSPS) is 12.4. The van der Waals surface area contributed by atoms with Crippen LogP contribution in [0.2, 0.25) is 0 Å². The average Bonchev–Trinajstić information content (AvgIpc) is 2.33. The van der Waals surface area contributed by atoms with Crippen LogP contribution < -0.4 is 0 Å². The first-order chi connectivity index (χ1) is 7.70. The largest absolute Gasteiger partial charge is 0.382 e. The molecule has 3 nitrogen and oxygen atoms in total. The number of aromatic nitrogens is 2. The van der Waals surface area contributed by atoms with Crippen molar-refractivity contribution < 1.29 is 5.11 Å². The van der Waals surface area contributed by atoms with E-state index in [1.54, 1.807) is 18.6 Å². The van der Waals surface area contributed by atoms with E-state index in [0.717, 1.165) is 15.6 Å². The van der Waals surface area contributed by atoms with Crippen LogP contribution in [0.4, 0.5) is 0 Å². The van der Waals surface area contributed by atoms with Crippen molar-refractivity contribution in [2.45, 2.75) is 13.0 Å². The monoisotopic (exact) mass is 278 g/mol. The Hall–Kier alpha value is -1.26. The van der Waals surface area contributed by atoms with Crippen LogP contribution in [0.5, 0.6) is 0 Å². The molecular weight excluding hydrogens is 268 g/mol. The van der Waals surface area contributed by atoms with E-state index in [1.165, 1.54) is 0 Å². The first-order valence-electron chi connectivity index (χ1n) is 4.89. The van der Waals surface area contributed by atoms with Crippen molar-refractivity contribution in [1.82, 2.24) is 9.97 Å². The SMILES string of the molecule is Cc1cccc([C@H](O)c2cnccn2)c1Br. The minimum Gasteiger partial charge on any atom is -0.382 e. The highest BCUT2D eigenvalue weighted by atomic mass is 79.9. The molecule has 1 atom stereocenters. The van der Waals surface area contributed by atoms with Crippen LogP contribution in [-0.2, 0) is 0 Å². The van der Waals surface area contributed by atoms with Gasteiger partial charge in [-0.05, 0) is 12.5 Å². The lowest BCUT2D eigenvalue weighted by molar-refractivity contribution is 0.214. The lowest BCUT2D eigenvalue weighted by atomic mass is 10.0. The lowest BCUT2D eigenvalue weighted by Gasteiger charge is -2.13. The molecule has 1 N–H and O–H groups in total. The smallest absolute Gasteiger partial charge is 0.124 e. The number of hydrogen-bond donors (Lipinski definition) is 1. The molecule has 1 heterocycles. The number of nitrogens with zero attached hydrogens (tertiary/aromatic N) is 2. The molecule has 16 heavy (non-hydrogen) atoms. The van der Waals surface area contributed by atoms with E-state index in [2.05, 4.69) is 25.9 Å². The Balaban J connectivity index is 2.42. The number of aryl methyl sites for hydroxylation is 1. The first kappa shape index (κ1) is 11.2. The van der Waals surface area contributed by atoms with Gasteiger partial charge in [0.05, 0.1) is 11.9 Å². The van der Waals surface area contributed by atoms with Gasteiger partial charge in [0.25, 0.3) is 0 Å². The Kier molecular flexibility index (Phi) is 3.31. The maximum absolute atomic E-state index is 10.2. The van der Waals surface area contributed by atoms with Crippen molar-refractivity contribution in [2.24, 2.45) is 0 Å². The van der Waals surface area contributed by atoms with Gasteiger partial charge in [-0.15, -0.1) is 0 Å². The molecule has 82 valence electrons. The Bertz CT molecular complexity index is 488. The van der Waals surface area contributed by atoms with Crippen LogP contribution in [0.15, 0.2) is 41.3 Å². The van der Waals surface area contributed by atoms with Gasteiger partial charge in [0.2, 0.25) is 0 Å². The summed E-state index contributed by atoms with van der Waals surface area (Å²) in [6.45, 7) is 1.98. The molecule has 0 unspecified atom stereocenters. The highest BCUT2D eigenvalue weighted by Gasteiger charge is 2.15. The van der Waals surface area contributed by atoms with Gasteiger partial charge in [-0.3, -0.25) is 9.97 Å². The number of hydrogen-bond acceptors (Lipinski definition) is 3. The zero-order chi connectivity index (χ0) is 11.5. The van der Waals surface area contributed by atoms with E-state index in [1.807, 2.05) is 25.1 Å². The fourth-order valence-electron chi connectivity index (χ4n) is 1.49. The number of rotatable bonds is 2. The molecular formula is C12H11BrN2O. The molecule has 0 spiro atoms. The molecule has 0 aliphatic heterocycles. The first-order valence-corrected chi connectivity index (χ1v) is 5.68. The van der Waals surface area contributed by atoms with Gasteiger partial charge >= 0.3 is 0 Å². The number of benzene rings is 1. The molecule has 0 aliphatic rings. The molecule has 1 aromatic heterocycles. The summed E-state index contributed by atoms with van der Waals surface area (Å²) in [5.74, 6) is 0. The molecule has 0 aliphatic carbocycles. The predicted molar refractivity (Wildman–Crippen MR) is 65.0 cm³/mol. The standard InChI is InChI=1S/C12H11BrN2O/c1-8-3-2-4-9(11(8)13)12(16)10-7-14-5-6-15-10/h2-7,12,16H,1H3/t12-/m0/s1. The molecule has 0 radical (unpaired) electrons. The fraction of sp³-hybridized carbons (Fsp3) is 0.167. The third-order valence-corrected chi connectivity index (χ3v) is 3.46. The topological polar surface area (TPSA) is 46.0 Å². The van der Waals surface area contributed by atoms with Crippen molar-refractivity contribution in [2.75, 3.05) is 0 Å². The molecule has 4 heteroatoms. The van der Waals surface area contributed by atoms with Gasteiger partial charge in [-0.1, -0.05) is 34.1 Å².